The Balaban J connectivity index is 1.49. The number of benzene rings is 1. The fourth-order valence-corrected chi connectivity index (χ4v) is 4.78. The van der Waals surface area contributed by atoms with Gasteiger partial charge in [0.2, 0.25) is 0 Å². The van der Waals surface area contributed by atoms with E-state index in [0.717, 1.165) is 30.2 Å². The highest BCUT2D eigenvalue weighted by Crippen LogP contribution is 2.58. The molecule has 2 aromatic rings. The van der Waals surface area contributed by atoms with E-state index in [1.807, 2.05) is 6.07 Å². The predicted octanol–water partition coefficient (Wildman–Crippen LogP) is 3.14. The number of carbonyl (C=O) groups is 1. The first-order valence-electron chi connectivity index (χ1n) is 9.86. The van der Waals surface area contributed by atoms with Gasteiger partial charge in [-0.05, 0) is 36.8 Å². The maximum absolute atomic E-state index is 14.0. The number of nitrogens with one attached hydrogen (secondary N) is 1. The molecule has 1 saturated heterocycles. The van der Waals surface area contributed by atoms with Crippen molar-refractivity contribution in [3.8, 4) is 0 Å². The van der Waals surface area contributed by atoms with Gasteiger partial charge in [-0.1, -0.05) is 29.8 Å². The highest BCUT2D eigenvalue weighted by atomic mass is 35.5. The Kier molecular flexibility index (Phi) is 5.74. The zero-order valence-electron chi connectivity index (χ0n) is 17.0. The standard InChI is InChI=1S/C21H22ClFN4O3S/c1-12(6-7-31(2,29)30)26-21(28)17-9-25-18(10-24-17)27-11-13-8-15(13)20(27)14-4-3-5-16(23)19(14)22/h3-7,9-10,12-13,15,20H,8,11H2,1-2H3,(H,26,28)/b7-6+/t12-,13-,15-,20-/m1/s1. The molecule has 2 aliphatic rings. The van der Waals surface area contributed by atoms with E-state index in [4.69, 9.17) is 11.6 Å². The zero-order valence-corrected chi connectivity index (χ0v) is 18.6. The van der Waals surface area contributed by atoms with Crippen LogP contribution in [0.3, 0.4) is 0 Å². The Bertz CT molecular complexity index is 1140. The van der Waals surface area contributed by atoms with Gasteiger partial charge in [0.1, 0.15) is 17.3 Å². The quantitative estimate of drug-likeness (QED) is 0.706. The van der Waals surface area contributed by atoms with Crippen LogP contribution in [0.15, 0.2) is 42.1 Å². The average Bonchev–Trinajstić information content (AvgIpc) is 3.39. The third kappa shape index (κ3) is 4.72. The molecule has 1 aliphatic heterocycles. The Morgan fingerprint density at radius 2 is 2.13 bits per heavy atom. The molecule has 10 heteroatoms. The number of hydrogen-bond acceptors (Lipinski definition) is 6. The monoisotopic (exact) mass is 464 g/mol. The van der Waals surface area contributed by atoms with Crippen molar-refractivity contribution in [3.63, 3.8) is 0 Å². The second-order valence-electron chi connectivity index (χ2n) is 8.08. The van der Waals surface area contributed by atoms with Crippen LogP contribution in [0.4, 0.5) is 10.2 Å². The molecule has 2 fully saturated rings. The minimum Gasteiger partial charge on any atom is -0.348 e. The number of rotatable bonds is 6. The number of aromatic nitrogens is 2. The molecule has 0 radical (unpaired) electrons. The number of halogens is 2. The van der Waals surface area contributed by atoms with E-state index in [2.05, 4.69) is 20.2 Å². The summed E-state index contributed by atoms with van der Waals surface area (Å²) in [6, 6.07) is 4.26. The molecule has 4 atom stereocenters. The van der Waals surface area contributed by atoms with Gasteiger partial charge in [-0.2, -0.15) is 0 Å². The van der Waals surface area contributed by atoms with Gasteiger partial charge in [-0.3, -0.25) is 4.79 Å². The van der Waals surface area contributed by atoms with E-state index < -0.39 is 27.6 Å². The summed E-state index contributed by atoms with van der Waals surface area (Å²) < 4.78 is 36.4. The summed E-state index contributed by atoms with van der Waals surface area (Å²) in [5.74, 6) is 0.598. The number of amides is 1. The van der Waals surface area contributed by atoms with Crippen molar-refractivity contribution < 1.29 is 17.6 Å². The number of anilines is 1. The summed E-state index contributed by atoms with van der Waals surface area (Å²) in [5, 5.41) is 3.83. The lowest BCUT2D eigenvalue weighted by atomic mass is 10.0. The summed E-state index contributed by atoms with van der Waals surface area (Å²) in [4.78, 5) is 23.1. The summed E-state index contributed by atoms with van der Waals surface area (Å²) in [7, 11) is -3.27. The first kappa shape index (κ1) is 21.7. The van der Waals surface area contributed by atoms with Crippen LogP contribution < -0.4 is 10.2 Å². The molecule has 4 rings (SSSR count). The molecule has 7 nitrogen and oxygen atoms in total. The lowest BCUT2D eigenvalue weighted by molar-refractivity contribution is 0.0941. The van der Waals surface area contributed by atoms with E-state index in [1.54, 1.807) is 13.0 Å². The van der Waals surface area contributed by atoms with Gasteiger partial charge in [-0.25, -0.2) is 22.8 Å². The van der Waals surface area contributed by atoms with Crippen molar-refractivity contribution in [1.29, 1.82) is 0 Å². The van der Waals surface area contributed by atoms with Crippen LogP contribution in [0.5, 0.6) is 0 Å². The molecule has 1 N–H and O–H groups in total. The van der Waals surface area contributed by atoms with Gasteiger partial charge < -0.3 is 10.2 Å². The molecule has 0 spiro atoms. The fourth-order valence-electron chi connectivity index (χ4n) is 4.02. The number of nitrogens with zero attached hydrogens (tertiary/aromatic N) is 3. The molecular weight excluding hydrogens is 443 g/mol. The smallest absolute Gasteiger partial charge is 0.271 e. The first-order chi connectivity index (χ1) is 14.6. The molecule has 0 unspecified atom stereocenters. The van der Waals surface area contributed by atoms with Crippen LogP contribution >= 0.6 is 11.6 Å². The number of piperidine rings is 1. The van der Waals surface area contributed by atoms with Crippen molar-refractivity contribution in [2.75, 3.05) is 17.7 Å². The Labute approximate surface area is 185 Å². The van der Waals surface area contributed by atoms with Crippen molar-refractivity contribution in [2.24, 2.45) is 11.8 Å². The van der Waals surface area contributed by atoms with Crippen LogP contribution in [0.25, 0.3) is 0 Å². The van der Waals surface area contributed by atoms with Crippen LogP contribution in [-0.4, -0.2) is 43.1 Å². The molecule has 1 aromatic carbocycles. The minimum absolute atomic E-state index is 0.0803. The van der Waals surface area contributed by atoms with Crippen molar-refractivity contribution >= 4 is 33.2 Å². The SMILES string of the molecule is C[C@H](/C=C/S(C)(=O)=O)NC(=O)c1cnc(N2C[C@H]3C[C@H]3[C@H]2c2cccc(F)c2Cl)cn1. The summed E-state index contributed by atoms with van der Waals surface area (Å²) in [6.45, 7) is 2.43. The van der Waals surface area contributed by atoms with Gasteiger partial charge >= 0.3 is 0 Å². The van der Waals surface area contributed by atoms with Gasteiger partial charge in [0, 0.05) is 24.3 Å². The van der Waals surface area contributed by atoms with Crippen molar-refractivity contribution in [1.82, 2.24) is 15.3 Å². The van der Waals surface area contributed by atoms with Gasteiger partial charge in [-0.15, -0.1) is 0 Å². The summed E-state index contributed by atoms with van der Waals surface area (Å²) in [5.41, 5.74) is 0.856. The molecule has 0 bridgehead atoms. The maximum atomic E-state index is 14.0. The molecule has 1 aliphatic carbocycles. The third-order valence-electron chi connectivity index (χ3n) is 5.59. The number of carbonyl (C=O) groups excluding carboxylic acids is 1. The highest BCUT2D eigenvalue weighted by Gasteiger charge is 2.54. The predicted molar refractivity (Wildman–Crippen MR) is 116 cm³/mol. The Morgan fingerprint density at radius 1 is 1.35 bits per heavy atom. The molecule has 31 heavy (non-hydrogen) atoms. The van der Waals surface area contributed by atoms with Crippen molar-refractivity contribution in [2.45, 2.75) is 25.4 Å². The Hall–Kier alpha value is -2.52. The van der Waals surface area contributed by atoms with Crippen LogP contribution in [0.1, 0.15) is 35.4 Å². The third-order valence-corrected chi connectivity index (χ3v) is 6.64. The van der Waals surface area contributed by atoms with Gasteiger partial charge in [0.05, 0.1) is 23.5 Å². The second-order valence-corrected chi connectivity index (χ2v) is 10.4. The van der Waals surface area contributed by atoms with Crippen LogP contribution in [-0.2, 0) is 9.84 Å². The average molecular weight is 465 g/mol. The minimum atomic E-state index is -3.27. The zero-order chi connectivity index (χ0) is 22.3. The highest BCUT2D eigenvalue weighted by molar-refractivity contribution is 7.93. The second kappa shape index (κ2) is 8.20. The maximum Gasteiger partial charge on any atom is 0.271 e. The molecule has 2 heterocycles. The lowest BCUT2D eigenvalue weighted by Crippen LogP contribution is -2.32. The molecule has 1 aromatic heterocycles. The molecular formula is C21H22ClFN4O3S. The Morgan fingerprint density at radius 3 is 2.81 bits per heavy atom. The first-order valence-corrected chi connectivity index (χ1v) is 12.2. The van der Waals surface area contributed by atoms with Crippen molar-refractivity contribution in [3.05, 3.63) is 64.2 Å². The van der Waals surface area contributed by atoms with Crippen LogP contribution in [0.2, 0.25) is 5.02 Å². The van der Waals surface area contributed by atoms with E-state index in [1.165, 1.54) is 24.5 Å². The molecule has 1 amide bonds. The van der Waals surface area contributed by atoms with Gasteiger partial charge in [0.25, 0.3) is 5.91 Å². The van der Waals surface area contributed by atoms with Gasteiger partial charge in [0.15, 0.2) is 9.84 Å². The number of fused-ring (bicyclic) bond motifs is 1. The number of hydrogen-bond donors (Lipinski definition) is 1. The van der Waals surface area contributed by atoms with E-state index in [-0.39, 0.29) is 16.8 Å². The van der Waals surface area contributed by atoms with Crippen LogP contribution in [0, 0.1) is 17.7 Å². The fraction of sp³-hybridized carbons (Fsp3) is 0.381. The van der Waals surface area contributed by atoms with E-state index >= 15 is 0 Å². The molecule has 1 saturated carbocycles. The number of sulfone groups is 1. The lowest BCUT2D eigenvalue weighted by Gasteiger charge is -2.29. The van der Waals surface area contributed by atoms with E-state index in [9.17, 15) is 17.6 Å². The summed E-state index contributed by atoms with van der Waals surface area (Å²) in [6.07, 6.45) is 6.44. The largest absolute Gasteiger partial charge is 0.348 e. The normalized spacial score (nSPS) is 23.6. The summed E-state index contributed by atoms with van der Waals surface area (Å²) >= 11 is 6.25. The molecule has 164 valence electrons. The topological polar surface area (TPSA) is 92.3 Å². The van der Waals surface area contributed by atoms with E-state index in [0.29, 0.717) is 17.7 Å².